The summed E-state index contributed by atoms with van der Waals surface area (Å²) in [6, 6.07) is 0.434. The second-order valence-corrected chi connectivity index (χ2v) is 6.63. The van der Waals surface area contributed by atoms with Crippen molar-refractivity contribution in [1.29, 1.82) is 0 Å². The second kappa shape index (κ2) is 4.86. The van der Waals surface area contributed by atoms with Crippen LogP contribution < -0.4 is 5.73 Å². The van der Waals surface area contributed by atoms with Gasteiger partial charge in [-0.2, -0.15) is 0 Å². The van der Waals surface area contributed by atoms with Crippen LogP contribution in [0.2, 0.25) is 0 Å². The fourth-order valence-electron chi connectivity index (χ4n) is 2.96. The highest BCUT2D eigenvalue weighted by atomic mass is 14.7. The molecule has 2 N–H and O–H groups in total. The van der Waals surface area contributed by atoms with Gasteiger partial charge in [-0.15, -0.1) is 0 Å². The van der Waals surface area contributed by atoms with E-state index in [9.17, 15) is 0 Å². The van der Waals surface area contributed by atoms with Crippen LogP contribution in [0.3, 0.4) is 0 Å². The Morgan fingerprint density at radius 2 is 1.73 bits per heavy atom. The van der Waals surface area contributed by atoms with Crippen LogP contribution in [0.25, 0.3) is 0 Å². The lowest BCUT2D eigenvalue weighted by Gasteiger charge is -2.36. The summed E-state index contributed by atoms with van der Waals surface area (Å²) in [6.45, 7) is 9.26. The number of hydrogen-bond donors (Lipinski definition) is 1. The largest absolute Gasteiger partial charge is 0.327 e. The van der Waals surface area contributed by atoms with Gasteiger partial charge in [0, 0.05) is 6.04 Å². The van der Waals surface area contributed by atoms with Gasteiger partial charge in [0.15, 0.2) is 0 Å². The van der Waals surface area contributed by atoms with E-state index in [1.165, 1.54) is 44.9 Å². The molecule has 0 aromatic heterocycles. The molecule has 0 heterocycles. The molecule has 1 atom stereocenters. The Hall–Kier alpha value is -0.0400. The van der Waals surface area contributed by atoms with Crippen molar-refractivity contribution in [1.82, 2.24) is 0 Å². The summed E-state index contributed by atoms with van der Waals surface area (Å²) >= 11 is 0. The molecule has 1 heteroatoms. The maximum absolute atomic E-state index is 6.43. The van der Waals surface area contributed by atoms with Gasteiger partial charge in [-0.3, -0.25) is 0 Å². The number of nitrogens with two attached hydrogens (primary N) is 1. The minimum atomic E-state index is 0.434. The molecule has 0 spiro atoms. The molecule has 15 heavy (non-hydrogen) atoms. The Bertz CT molecular complexity index is 184. The van der Waals surface area contributed by atoms with Crippen LogP contribution in [0.4, 0.5) is 0 Å². The lowest BCUT2D eigenvalue weighted by atomic mass is 9.73. The lowest BCUT2D eigenvalue weighted by molar-refractivity contribution is 0.192. The highest BCUT2D eigenvalue weighted by Gasteiger charge is 2.37. The third-order valence-electron chi connectivity index (χ3n) is 4.30. The summed E-state index contributed by atoms with van der Waals surface area (Å²) in [6.07, 6.45) is 9.28. The van der Waals surface area contributed by atoms with E-state index in [-0.39, 0.29) is 0 Å². The number of rotatable bonds is 4. The van der Waals surface area contributed by atoms with Crippen molar-refractivity contribution in [3.63, 3.8) is 0 Å². The molecule has 0 aromatic carbocycles. The van der Waals surface area contributed by atoms with Gasteiger partial charge in [0.05, 0.1) is 0 Å². The van der Waals surface area contributed by atoms with E-state index < -0.39 is 0 Å². The van der Waals surface area contributed by atoms with Crippen molar-refractivity contribution in [2.24, 2.45) is 16.6 Å². The topological polar surface area (TPSA) is 26.0 Å². The Morgan fingerprint density at radius 3 is 2.13 bits per heavy atom. The normalized spacial score (nSPS) is 23.0. The van der Waals surface area contributed by atoms with Crippen molar-refractivity contribution < 1.29 is 0 Å². The van der Waals surface area contributed by atoms with Crippen molar-refractivity contribution >= 4 is 0 Å². The molecule has 1 saturated carbocycles. The molecule has 1 rings (SSSR count). The molecule has 0 bridgehead atoms. The lowest BCUT2D eigenvalue weighted by Crippen LogP contribution is -2.40. The molecule has 1 aliphatic rings. The van der Waals surface area contributed by atoms with Gasteiger partial charge in [0.1, 0.15) is 0 Å². The van der Waals surface area contributed by atoms with Gasteiger partial charge >= 0.3 is 0 Å². The minimum absolute atomic E-state index is 0.434. The summed E-state index contributed by atoms with van der Waals surface area (Å²) in [5.74, 6) is 0. The zero-order valence-electron chi connectivity index (χ0n) is 11.1. The molecule has 0 aliphatic heterocycles. The van der Waals surface area contributed by atoms with Crippen LogP contribution in [0.1, 0.15) is 72.6 Å². The molecule has 0 radical (unpaired) electrons. The first kappa shape index (κ1) is 13.0. The summed E-state index contributed by atoms with van der Waals surface area (Å²) in [7, 11) is 0. The van der Waals surface area contributed by atoms with E-state index in [1.54, 1.807) is 0 Å². The van der Waals surface area contributed by atoms with Crippen molar-refractivity contribution in [2.45, 2.75) is 78.7 Å². The second-order valence-electron chi connectivity index (χ2n) is 6.63. The van der Waals surface area contributed by atoms with Crippen LogP contribution in [0.5, 0.6) is 0 Å². The Labute approximate surface area is 95.8 Å². The van der Waals surface area contributed by atoms with Gasteiger partial charge in [0.25, 0.3) is 0 Å². The highest BCUT2D eigenvalue weighted by molar-refractivity contribution is 4.92. The van der Waals surface area contributed by atoms with E-state index in [1.807, 2.05) is 0 Å². The van der Waals surface area contributed by atoms with Crippen molar-refractivity contribution in [3.05, 3.63) is 0 Å². The first-order valence-corrected chi connectivity index (χ1v) is 6.65. The highest BCUT2D eigenvalue weighted by Crippen LogP contribution is 2.44. The molecule has 90 valence electrons. The molecule has 1 aliphatic carbocycles. The molecule has 1 fully saturated rings. The van der Waals surface area contributed by atoms with Crippen molar-refractivity contribution in [2.75, 3.05) is 0 Å². The minimum Gasteiger partial charge on any atom is -0.327 e. The van der Waals surface area contributed by atoms with Crippen LogP contribution in [-0.2, 0) is 0 Å². The summed E-state index contributed by atoms with van der Waals surface area (Å²) in [5.41, 5.74) is 7.36. The summed E-state index contributed by atoms with van der Waals surface area (Å²) < 4.78 is 0. The van der Waals surface area contributed by atoms with E-state index in [4.69, 9.17) is 5.73 Å². The van der Waals surface area contributed by atoms with Crippen LogP contribution in [0.15, 0.2) is 0 Å². The Kier molecular flexibility index (Phi) is 4.22. The molecular weight excluding hydrogens is 182 g/mol. The third kappa shape index (κ3) is 3.48. The third-order valence-corrected chi connectivity index (χ3v) is 4.30. The summed E-state index contributed by atoms with van der Waals surface area (Å²) in [4.78, 5) is 0. The maximum Gasteiger partial charge on any atom is 0.00956 e. The fraction of sp³-hybridized carbons (Fsp3) is 1.00. The van der Waals surface area contributed by atoms with Gasteiger partial charge in [-0.1, -0.05) is 40.5 Å². The van der Waals surface area contributed by atoms with E-state index in [0.29, 0.717) is 16.9 Å². The zero-order valence-corrected chi connectivity index (χ0v) is 11.1. The van der Waals surface area contributed by atoms with Crippen LogP contribution in [0, 0.1) is 10.8 Å². The maximum atomic E-state index is 6.43. The fourth-order valence-corrected chi connectivity index (χ4v) is 2.96. The molecular formula is C14H29N. The average Bonchev–Trinajstić information content (AvgIpc) is 2.62. The first-order valence-electron chi connectivity index (χ1n) is 6.65. The van der Waals surface area contributed by atoms with E-state index >= 15 is 0 Å². The van der Waals surface area contributed by atoms with Crippen molar-refractivity contribution in [3.8, 4) is 0 Å². The Balaban J connectivity index is 2.47. The van der Waals surface area contributed by atoms with Crippen LogP contribution in [-0.4, -0.2) is 6.04 Å². The summed E-state index contributed by atoms with van der Waals surface area (Å²) in [5, 5.41) is 0. The van der Waals surface area contributed by atoms with Gasteiger partial charge in [0.2, 0.25) is 0 Å². The molecule has 0 saturated heterocycles. The zero-order chi connectivity index (χ0) is 11.5. The van der Waals surface area contributed by atoms with E-state index in [2.05, 4.69) is 27.7 Å². The first-order chi connectivity index (χ1) is 6.90. The van der Waals surface area contributed by atoms with Crippen LogP contribution >= 0.6 is 0 Å². The quantitative estimate of drug-likeness (QED) is 0.744. The standard InChI is InChI=1S/C14H29N/c1-5-14(9-6-7-10-14)12(15)8-11-13(2,3)4/h12H,5-11,15H2,1-4H3. The molecule has 0 aromatic rings. The predicted octanol–water partition coefficient (Wildman–Crippen LogP) is 4.11. The molecule has 1 nitrogen and oxygen atoms in total. The van der Waals surface area contributed by atoms with E-state index in [0.717, 1.165) is 0 Å². The SMILES string of the molecule is CCC1(C(N)CCC(C)(C)C)CCCC1. The average molecular weight is 211 g/mol. The van der Waals surface area contributed by atoms with Gasteiger partial charge in [-0.25, -0.2) is 0 Å². The Morgan fingerprint density at radius 1 is 1.20 bits per heavy atom. The smallest absolute Gasteiger partial charge is 0.00956 e. The molecule has 1 unspecified atom stereocenters. The monoisotopic (exact) mass is 211 g/mol. The van der Waals surface area contributed by atoms with Gasteiger partial charge in [-0.05, 0) is 42.9 Å². The predicted molar refractivity (Wildman–Crippen MR) is 67.9 cm³/mol. The number of hydrogen-bond acceptors (Lipinski definition) is 1. The molecule has 0 amide bonds. The van der Waals surface area contributed by atoms with Gasteiger partial charge < -0.3 is 5.73 Å².